The number of carbonyl (C=O) groups excluding carboxylic acids is 1. The number of hydrogen-bond donors (Lipinski definition) is 4. The number of fused-ring (bicyclic) bond motifs is 3. The zero-order chi connectivity index (χ0) is 19.3. The molecule has 0 saturated heterocycles. The van der Waals surface area contributed by atoms with Gasteiger partial charge < -0.3 is 10.3 Å². The highest BCUT2D eigenvalue weighted by Crippen LogP contribution is 2.30. The third-order valence-electron chi connectivity index (χ3n) is 4.76. The Morgan fingerprint density at radius 1 is 1.11 bits per heavy atom. The predicted molar refractivity (Wildman–Crippen MR) is 114 cm³/mol. The minimum atomic E-state index is -0.539. The topological polar surface area (TPSA) is 77.2 Å². The van der Waals surface area contributed by atoms with Gasteiger partial charge in [-0.3, -0.25) is 10.0 Å². The minimum Gasteiger partial charge on any atom is -0.346 e. The molecule has 0 saturated carbocycles. The van der Waals surface area contributed by atoms with Crippen molar-refractivity contribution in [3.05, 3.63) is 76.7 Å². The standard InChI is InChI=1S/C22H21N3O2S/c26-20(25-27)9-8-15-4-6-16(7-5-15)14-23-12-10-17-2-1-3-18-19-11-13-28-22(19)24-21(17)18/h1-9,11,13,23-24,27H,10,12,14H2,(H,25,26)/b9-8+. The van der Waals surface area contributed by atoms with E-state index in [2.05, 4.69) is 39.9 Å². The first kappa shape index (κ1) is 18.4. The van der Waals surface area contributed by atoms with E-state index < -0.39 is 5.91 Å². The van der Waals surface area contributed by atoms with Crippen LogP contribution in [0.15, 0.2) is 60.0 Å². The smallest absolute Gasteiger partial charge is 0.267 e. The number of hydroxylamine groups is 1. The van der Waals surface area contributed by atoms with Crippen molar-refractivity contribution in [1.29, 1.82) is 0 Å². The molecular weight excluding hydrogens is 370 g/mol. The summed E-state index contributed by atoms with van der Waals surface area (Å²) in [5.41, 5.74) is 6.24. The first-order valence-electron chi connectivity index (χ1n) is 9.13. The maximum Gasteiger partial charge on any atom is 0.267 e. The fourth-order valence-electron chi connectivity index (χ4n) is 3.32. The fraction of sp³-hybridized carbons (Fsp3) is 0.136. The maximum absolute atomic E-state index is 11.0. The maximum atomic E-state index is 11.0. The highest BCUT2D eigenvalue weighted by molar-refractivity contribution is 7.17. The van der Waals surface area contributed by atoms with Gasteiger partial charge in [-0.1, -0.05) is 42.5 Å². The number of carbonyl (C=O) groups is 1. The van der Waals surface area contributed by atoms with Crippen LogP contribution in [0.2, 0.25) is 0 Å². The second-order valence-electron chi connectivity index (χ2n) is 6.61. The van der Waals surface area contributed by atoms with Crippen LogP contribution < -0.4 is 10.8 Å². The Kier molecular flexibility index (Phi) is 5.53. The van der Waals surface area contributed by atoms with Gasteiger partial charge in [-0.2, -0.15) is 0 Å². The summed E-state index contributed by atoms with van der Waals surface area (Å²) in [4.78, 5) is 15.8. The molecule has 4 rings (SSSR count). The number of rotatable bonds is 7. The van der Waals surface area contributed by atoms with E-state index in [0.29, 0.717) is 0 Å². The summed E-state index contributed by atoms with van der Waals surface area (Å²) in [6, 6.07) is 16.6. The number of nitrogens with one attached hydrogen (secondary N) is 3. The van der Waals surface area contributed by atoms with Crippen molar-refractivity contribution < 1.29 is 10.0 Å². The minimum absolute atomic E-state index is 0.539. The summed E-state index contributed by atoms with van der Waals surface area (Å²) >= 11 is 1.74. The van der Waals surface area contributed by atoms with Gasteiger partial charge in [-0.25, -0.2) is 5.48 Å². The molecule has 0 bridgehead atoms. The number of para-hydroxylation sites is 1. The van der Waals surface area contributed by atoms with Crippen LogP contribution in [0.3, 0.4) is 0 Å². The second kappa shape index (κ2) is 8.39. The van der Waals surface area contributed by atoms with Crippen molar-refractivity contribution in [3.8, 4) is 0 Å². The van der Waals surface area contributed by atoms with E-state index in [1.165, 1.54) is 38.3 Å². The van der Waals surface area contributed by atoms with E-state index in [9.17, 15) is 4.79 Å². The largest absolute Gasteiger partial charge is 0.346 e. The summed E-state index contributed by atoms with van der Waals surface area (Å²) in [5.74, 6) is -0.539. The van der Waals surface area contributed by atoms with Gasteiger partial charge in [-0.05, 0) is 47.2 Å². The van der Waals surface area contributed by atoms with Crippen molar-refractivity contribution in [2.24, 2.45) is 0 Å². The molecule has 4 N–H and O–H groups in total. The summed E-state index contributed by atoms with van der Waals surface area (Å²) in [7, 11) is 0. The number of H-pyrrole nitrogens is 1. The van der Waals surface area contributed by atoms with Gasteiger partial charge in [0, 0.05) is 23.4 Å². The molecule has 0 radical (unpaired) electrons. The monoisotopic (exact) mass is 391 g/mol. The first-order chi connectivity index (χ1) is 13.7. The lowest BCUT2D eigenvalue weighted by Crippen LogP contribution is -2.16. The average Bonchev–Trinajstić information content (AvgIpc) is 3.32. The number of hydrogen-bond acceptors (Lipinski definition) is 4. The fourth-order valence-corrected chi connectivity index (χ4v) is 4.13. The molecule has 5 nitrogen and oxygen atoms in total. The van der Waals surface area contributed by atoms with Crippen LogP contribution in [0.5, 0.6) is 0 Å². The molecule has 2 heterocycles. The summed E-state index contributed by atoms with van der Waals surface area (Å²) < 4.78 is 0. The van der Waals surface area contributed by atoms with Crippen LogP contribution in [0.1, 0.15) is 16.7 Å². The van der Waals surface area contributed by atoms with Crippen molar-refractivity contribution in [3.63, 3.8) is 0 Å². The third kappa shape index (κ3) is 3.99. The quantitative estimate of drug-likeness (QED) is 0.165. The van der Waals surface area contributed by atoms with Gasteiger partial charge in [-0.15, -0.1) is 11.3 Å². The lowest BCUT2D eigenvalue weighted by molar-refractivity contribution is -0.124. The van der Waals surface area contributed by atoms with Gasteiger partial charge in [0.05, 0.1) is 5.52 Å². The summed E-state index contributed by atoms with van der Waals surface area (Å²) in [5, 5.41) is 16.7. The number of aromatic amines is 1. The molecule has 0 spiro atoms. The lowest BCUT2D eigenvalue weighted by atomic mass is 10.1. The lowest BCUT2D eigenvalue weighted by Gasteiger charge is -2.07. The Hall–Kier alpha value is -2.93. The van der Waals surface area contributed by atoms with E-state index >= 15 is 0 Å². The van der Waals surface area contributed by atoms with Gasteiger partial charge in [0.15, 0.2) is 0 Å². The number of benzene rings is 2. The highest BCUT2D eigenvalue weighted by atomic mass is 32.1. The normalized spacial score (nSPS) is 11.6. The molecule has 28 heavy (non-hydrogen) atoms. The van der Waals surface area contributed by atoms with Crippen LogP contribution >= 0.6 is 11.3 Å². The zero-order valence-electron chi connectivity index (χ0n) is 15.2. The number of aromatic nitrogens is 1. The Morgan fingerprint density at radius 3 is 2.79 bits per heavy atom. The van der Waals surface area contributed by atoms with Crippen LogP contribution in [-0.2, 0) is 17.8 Å². The third-order valence-corrected chi connectivity index (χ3v) is 5.59. The molecule has 1 amide bonds. The molecule has 0 aliphatic rings. The Balaban J connectivity index is 1.33. The molecule has 2 aromatic carbocycles. The highest BCUT2D eigenvalue weighted by Gasteiger charge is 2.08. The van der Waals surface area contributed by atoms with Crippen LogP contribution in [0.4, 0.5) is 0 Å². The molecule has 0 fully saturated rings. The van der Waals surface area contributed by atoms with E-state index in [1.807, 2.05) is 24.3 Å². The Labute approximate surface area is 166 Å². The molecule has 0 aliphatic carbocycles. The molecule has 6 heteroatoms. The Bertz CT molecular complexity index is 1130. The predicted octanol–water partition coefficient (Wildman–Crippen LogP) is 4.23. The Morgan fingerprint density at radius 2 is 1.96 bits per heavy atom. The van der Waals surface area contributed by atoms with E-state index in [-0.39, 0.29) is 0 Å². The molecular formula is C22H21N3O2S. The molecule has 0 aliphatic heterocycles. The number of amides is 1. The average molecular weight is 391 g/mol. The van der Waals surface area contributed by atoms with E-state index in [1.54, 1.807) is 22.9 Å². The molecule has 0 unspecified atom stereocenters. The van der Waals surface area contributed by atoms with Crippen molar-refractivity contribution in [2.45, 2.75) is 13.0 Å². The van der Waals surface area contributed by atoms with Crippen LogP contribution in [-0.4, -0.2) is 22.6 Å². The van der Waals surface area contributed by atoms with Crippen LogP contribution in [0.25, 0.3) is 27.2 Å². The van der Waals surface area contributed by atoms with E-state index in [4.69, 9.17) is 5.21 Å². The van der Waals surface area contributed by atoms with Gasteiger partial charge in [0.1, 0.15) is 4.83 Å². The van der Waals surface area contributed by atoms with Crippen molar-refractivity contribution in [1.82, 2.24) is 15.8 Å². The van der Waals surface area contributed by atoms with Crippen molar-refractivity contribution in [2.75, 3.05) is 6.54 Å². The van der Waals surface area contributed by atoms with E-state index in [0.717, 1.165) is 25.1 Å². The molecule has 142 valence electrons. The van der Waals surface area contributed by atoms with Crippen molar-refractivity contribution >= 4 is 44.4 Å². The molecule has 0 atom stereocenters. The summed E-state index contributed by atoms with van der Waals surface area (Å²) in [6.07, 6.45) is 3.91. The zero-order valence-corrected chi connectivity index (χ0v) is 16.1. The molecule has 2 aromatic heterocycles. The number of thiophene rings is 1. The SMILES string of the molecule is O=C(/C=C/c1ccc(CNCCc2cccc3c2[nH]c2sccc23)cc1)NO. The summed E-state index contributed by atoms with van der Waals surface area (Å²) in [6.45, 7) is 1.68. The van der Waals surface area contributed by atoms with Gasteiger partial charge >= 0.3 is 0 Å². The van der Waals surface area contributed by atoms with Crippen LogP contribution in [0, 0.1) is 0 Å². The van der Waals surface area contributed by atoms with Gasteiger partial charge in [0.2, 0.25) is 0 Å². The second-order valence-corrected chi connectivity index (χ2v) is 7.52. The first-order valence-corrected chi connectivity index (χ1v) is 10.0. The van der Waals surface area contributed by atoms with Gasteiger partial charge in [0.25, 0.3) is 5.91 Å². The molecule has 4 aromatic rings.